The second kappa shape index (κ2) is 10.6. The van der Waals surface area contributed by atoms with Gasteiger partial charge in [-0.1, -0.05) is 115 Å². The smallest absolute Gasteiger partial charge is 0.162 e. The van der Waals surface area contributed by atoms with Crippen LogP contribution in [0.1, 0.15) is 48.2 Å². The Balaban J connectivity index is 1.58. The molecule has 44 heavy (non-hydrogen) atoms. The molecule has 0 saturated carbocycles. The lowest BCUT2D eigenvalue weighted by Crippen LogP contribution is -2.05. The molecule has 0 aliphatic carbocycles. The standard InChI is InChI=1S/C39H25N3O2/c40-38(26-14-5-2-6-15-26)42-39(41-24-27-16-9-19-30-29-17-7-8-21-32(29)44-37(27)30)31-20-11-23-34-36(31)35-28(18-10-22-33(35)43-34)25-12-3-1-4-13-25/h1-24,40H/i1D,2D,3D,4D,5D,6D,7D,8D,9D,10D,11D,12D,13D,14D,15D,16D,17D,18D,19D,20D,21D,22D,23D. The third-order valence-corrected chi connectivity index (χ3v) is 6.34. The third kappa shape index (κ3) is 4.39. The summed E-state index contributed by atoms with van der Waals surface area (Å²) in [6.45, 7) is 0. The second-order valence-corrected chi connectivity index (χ2v) is 8.85. The predicted molar refractivity (Wildman–Crippen MR) is 180 cm³/mol. The quantitative estimate of drug-likeness (QED) is 0.164. The number of rotatable bonds is 4. The van der Waals surface area contributed by atoms with Gasteiger partial charge in [-0.2, -0.15) is 0 Å². The summed E-state index contributed by atoms with van der Waals surface area (Å²) in [5.41, 5.74) is -5.68. The zero-order valence-corrected chi connectivity index (χ0v) is 21.8. The van der Waals surface area contributed by atoms with Crippen LogP contribution in [0.3, 0.4) is 0 Å². The molecule has 0 amide bonds. The number of aliphatic imine (C=N–C) groups is 2. The summed E-state index contributed by atoms with van der Waals surface area (Å²) < 4.78 is 209. The van der Waals surface area contributed by atoms with Gasteiger partial charge in [0.2, 0.25) is 0 Å². The SMILES string of the molecule is [2H]c1c([2H])c([2H])c(C(=N)N=C(N=Cc2c([2H])c([2H])c([2H])c3c2oc2c([2H])c([2H])c([2H])c([2H])c23)c2c([2H])c([2H])c([2H])c3oc4c([2H])c([2H])c([2H])c(-c5c([2H])c([2H])c([2H])c([2H])c5[2H])c4c23)c([2H])c1[2H]. The minimum Gasteiger partial charge on any atom is -0.456 e. The maximum absolute atomic E-state index is 9.27. The molecule has 5 nitrogen and oxygen atoms in total. The molecule has 0 unspecified atom stereocenters. The molecule has 5 heteroatoms. The molecule has 0 spiro atoms. The molecule has 8 rings (SSSR count). The predicted octanol–water partition coefficient (Wildman–Crippen LogP) is 10.0. The molecule has 208 valence electrons. The first-order valence-electron chi connectivity index (χ1n) is 24.0. The van der Waals surface area contributed by atoms with Crippen molar-refractivity contribution in [3.05, 3.63) is 156 Å². The van der Waals surface area contributed by atoms with Gasteiger partial charge in [-0.05, 0) is 35.3 Å². The van der Waals surface area contributed by atoms with Crippen LogP contribution in [0, 0.1) is 5.41 Å². The van der Waals surface area contributed by atoms with Crippen LogP contribution in [0.4, 0.5) is 0 Å². The summed E-state index contributed by atoms with van der Waals surface area (Å²) in [6, 6.07) is -19.3. The Morgan fingerprint density at radius 2 is 1.27 bits per heavy atom. The molecular formula is C39H25N3O2. The number of nitrogens with one attached hydrogen (secondary N) is 1. The van der Waals surface area contributed by atoms with E-state index in [-0.39, 0.29) is 10.8 Å². The molecule has 2 heterocycles. The van der Waals surface area contributed by atoms with Gasteiger partial charge in [0.15, 0.2) is 11.7 Å². The molecule has 0 fully saturated rings. The molecule has 0 aliphatic heterocycles. The lowest BCUT2D eigenvalue weighted by Gasteiger charge is -2.08. The molecular weight excluding hydrogens is 542 g/mol. The van der Waals surface area contributed by atoms with Crippen molar-refractivity contribution in [3.8, 4) is 11.1 Å². The Bertz CT molecular complexity index is 3650. The van der Waals surface area contributed by atoms with E-state index in [0.717, 1.165) is 6.21 Å². The van der Waals surface area contributed by atoms with E-state index >= 15 is 0 Å². The number of nitrogens with zero attached hydrogens (tertiary/aromatic N) is 2. The van der Waals surface area contributed by atoms with E-state index in [2.05, 4.69) is 9.98 Å². The average Bonchev–Trinajstić information content (AvgIpc) is 3.89. The number of hydrogen-bond donors (Lipinski definition) is 1. The van der Waals surface area contributed by atoms with E-state index in [0.29, 0.717) is 0 Å². The highest BCUT2D eigenvalue weighted by Gasteiger charge is 2.19. The van der Waals surface area contributed by atoms with Crippen LogP contribution in [0.15, 0.2) is 158 Å². The first-order chi connectivity index (χ1) is 31.3. The first-order valence-corrected chi connectivity index (χ1v) is 12.5. The fourth-order valence-electron chi connectivity index (χ4n) is 4.48. The van der Waals surface area contributed by atoms with E-state index in [1.54, 1.807) is 0 Å². The maximum atomic E-state index is 9.27. The van der Waals surface area contributed by atoms with Crippen LogP contribution in [0.2, 0.25) is 0 Å². The van der Waals surface area contributed by atoms with Crippen molar-refractivity contribution >= 4 is 61.8 Å². The molecule has 6 aromatic carbocycles. The topological polar surface area (TPSA) is 74.8 Å². The molecule has 1 N–H and O–H groups in total. The number of para-hydroxylation sites is 2. The highest BCUT2D eigenvalue weighted by atomic mass is 16.3. The van der Waals surface area contributed by atoms with Crippen molar-refractivity contribution in [2.75, 3.05) is 0 Å². The maximum Gasteiger partial charge on any atom is 0.162 e. The molecule has 0 aliphatic rings. The van der Waals surface area contributed by atoms with Gasteiger partial charge < -0.3 is 8.83 Å². The molecule has 0 radical (unpaired) electrons. The van der Waals surface area contributed by atoms with Gasteiger partial charge in [0.1, 0.15) is 22.3 Å². The summed E-state index contributed by atoms with van der Waals surface area (Å²) in [5, 5.41) is 7.26. The van der Waals surface area contributed by atoms with Gasteiger partial charge in [0.05, 0.1) is 31.5 Å². The van der Waals surface area contributed by atoms with Gasteiger partial charge in [-0.25, -0.2) is 9.98 Å². The minimum atomic E-state index is -1.14. The summed E-state index contributed by atoms with van der Waals surface area (Å²) >= 11 is 0. The van der Waals surface area contributed by atoms with E-state index in [1.807, 2.05) is 0 Å². The average molecular weight is 591 g/mol. The largest absolute Gasteiger partial charge is 0.456 e. The van der Waals surface area contributed by atoms with Gasteiger partial charge in [0, 0.05) is 44.4 Å². The van der Waals surface area contributed by atoms with Crippen LogP contribution in [0.25, 0.3) is 55.0 Å². The Morgan fingerprint density at radius 1 is 0.614 bits per heavy atom. The Labute approximate surface area is 285 Å². The third-order valence-electron chi connectivity index (χ3n) is 6.34. The molecule has 0 saturated heterocycles. The van der Waals surface area contributed by atoms with Crippen molar-refractivity contribution in [3.63, 3.8) is 0 Å². The van der Waals surface area contributed by atoms with Crippen molar-refractivity contribution in [2.45, 2.75) is 0 Å². The van der Waals surface area contributed by atoms with Crippen molar-refractivity contribution in [1.29, 1.82) is 5.41 Å². The number of hydrogen-bond acceptors (Lipinski definition) is 3. The molecule has 0 bridgehead atoms. The zero-order chi connectivity index (χ0) is 49.5. The Morgan fingerprint density at radius 3 is 2.11 bits per heavy atom. The first kappa shape index (κ1) is 11.2. The lowest BCUT2D eigenvalue weighted by atomic mass is 9.97. The minimum absolute atomic E-state index is 0.331. The van der Waals surface area contributed by atoms with Gasteiger partial charge in [-0.15, -0.1) is 0 Å². The zero-order valence-electron chi connectivity index (χ0n) is 44.8. The highest BCUT2D eigenvalue weighted by molar-refractivity contribution is 6.25. The van der Waals surface area contributed by atoms with Crippen molar-refractivity contribution < 1.29 is 40.4 Å². The molecule has 8 aromatic rings. The molecule has 0 atom stereocenters. The van der Waals surface area contributed by atoms with Crippen LogP contribution < -0.4 is 0 Å². The Hall–Kier alpha value is -6.07. The van der Waals surface area contributed by atoms with Gasteiger partial charge >= 0.3 is 0 Å². The molecule has 2 aromatic heterocycles. The lowest BCUT2D eigenvalue weighted by molar-refractivity contribution is 0.668. The van der Waals surface area contributed by atoms with E-state index < -0.39 is 212 Å². The normalized spacial score (nSPS) is 19.5. The number of amidine groups is 2. The van der Waals surface area contributed by atoms with E-state index in [9.17, 15) is 1.37 Å². The Kier molecular flexibility index (Phi) is 2.71. The van der Waals surface area contributed by atoms with Crippen LogP contribution in [0.5, 0.6) is 0 Å². The van der Waals surface area contributed by atoms with E-state index in [1.165, 1.54) is 0 Å². The van der Waals surface area contributed by atoms with Crippen LogP contribution in [-0.4, -0.2) is 17.9 Å². The van der Waals surface area contributed by atoms with Crippen LogP contribution in [-0.2, 0) is 0 Å². The highest BCUT2D eigenvalue weighted by Crippen LogP contribution is 2.38. The van der Waals surface area contributed by atoms with E-state index in [4.69, 9.17) is 44.4 Å². The van der Waals surface area contributed by atoms with Crippen molar-refractivity contribution in [1.82, 2.24) is 0 Å². The number of benzene rings is 6. The fraction of sp³-hybridized carbons (Fsp3) is 0. The summed E-state index contributed by atoms with van der Waals surface area (Å²) in [5.74, 6) is -2.09. The van der Waals surface area contributed by atoms with Crippen LogP contribution >= 0.6 is 0 Å². The van der Waals surface area contributed by atoms with Gasteiger partial charge in [0.25, 0.3) is 0 Å². The van der Waals surface area contributed by atoms with Crippen molar-refractivity contribution in [2.24, 2.45) is 9.98 Å². The monoisotopic (exact) mass is 590 g/mol. The van der Waals surface area contributed by atoms with Gasteiger partial charge in [-0.3, -0.25) is 5.41 Å². The summed E-state index contributed by atoms with van der Waals surface area (Å²) in [4.78, 5) is 8.50. The second-order valence-electron chi connectivity index (χ2n) is 8.85. The number of fused-ring (bicyclic) bond motifs is 6. The number of furan rings is 2. The summed E-state index contributed by atoms with van der Waals surface area (Å²) in [6.07, 6.45) is 0.741. The fourth-order valence-corrected chi connectivity index (χ4v) is 4.48. The summed E-state index contributed by atoms with van der Waals surface area (Å²) in [7, 11) is 0.